The SMILES string of the molecule is CC(C)c1cc(NC(=O)Nc2ccc(Oc3ccnc(Nc4ccc5c(c4)NC(=O)C5)n3)c3ccccc23)n(-c2ccc(OCCN3CCOCC3)cc2)n1. The highest BCUT2D eigenvalue weighted by molar-refractivity contribution is 6.07. The minimum Gasteiger partial charge on any atom is -0.492 e. The van der Waals surface area contributed by atoms with Crippen molar-refractivity contribution in [3.05, 3.63) is 108 Å². The lowest BCUT2D eigenvalue weighted by atomic mass is 10.1. The fourth-order valence-electron chi connectivity index (χ4n) is 6.50. The number of rotatable bonds is 12. The number of nitrogens with zero attached hydrogens (tertiary/aromatic N) is 5. The van der Waals surface area contributed by atoms with Gasteiger partial charge in [-0.15, -0.1) is 0 Å². The number of urea groups is 1. The predicted octanol–water partition coefficient (Wildman–Crippen LogP) is 7.32. The second-order valence-electron chi connectivity index (χ2n) is 13.6. The van der Waals surface area contributed by atoms with E-state index in [0.717, 1.165) is 77.7 Å². The van der Waals surface area contributed by atoms with E-state index < -0.39 is 6.03 Å². The van der Waals surface area contributed by atoms with E-state index in [1.165, 1.54) is 0 Å². The molecule has 14 nitrogen and oxygen atoms in total. The molecule has 0 spiro atoms. The Kier molecular flexibility index (Phi) is 10.2. The van der Waals surface area contributed by atoms with Gasteiger partial charge in [-0.3, -0.25) is 15.0 Å². The average Bonchev–Trinajstić information content (AvgIpc) is 3.79. The summed E-state index contributed by atoms with van der Waals surface area (Å²) in [7, 11) is 0. The van der Waals surface area contributed by atoms with Crippen LogP contribution in [0.4, 0.5) is 33.6 Å². The number of morpholine rings is 1. The number of fused-ring (bicyclic) bond motifs is 2. The minimum atomic E-state index is -0.420. The zero-order valence-electron chi connectivity index (χ0n) is 30.5. The number of nitrogens with one attached hydrogen (secondary N) is 4. The highest BCUT2D eigenvalue weighted by Crippen LogP contribution is 2.35. The van der Waals surface area contributed by atoms with Gasteiger partial charge < -0.3 is 30.2 Å². The van der Waals surface area contributed by atoms with Crippen LogP contribution in [0.25, 0.3) is 16.5 Å². The highest BCUT2D eigenvalue weighted by Gasteiger charge is 2.19. The molecule has 55 heavy (non-hydrogen) atoms. The first-order valence-electron chi connectivity index (χ1n) is 18.3. The summed E-state index contributed by atoms with van der Waals surface area (Å²) in [6.07, 6.45) is 1.98. The smallest absolute Gasteiger partial charge is 0.324 e. The van der Waals surface area contributed by atoms with Gasteiger partial charge in [0.25, 0.3) is 0 Å². The Morgan fingerprint density at radius 3 is 2.58 bits per heavy atom. The van der Waals surface area contributed by atoms with Crippen molar-refractivity contribution in [1.29, 1.82) is 0 Å². The van der Waals surface area contributed by atoms with Crippen molar-refractivity contribution in [1.82, 2.24) is 24.6 Å². The van der Waals surface area contributed by atoms with Gasteiger partial charge in [-0.2, -0.15) is 10.1 Å². The lowest BCUT2D eigenvalue weighted by molar-refractivity contribution is -0.115. The number of amides is 3. The molecule has 4 heterocycles. The summed E-state index contributed by atoms with van der Waals surface area (Å²) in [5.74, 6) is 2.64. The van der Waals surface area contributed by atoms with E-state index in [-0.39, 0.29) is 11.8 Å². The second-order valence-corrected chi connectivity index (χ2v) is 13.6. The van der Waals surface area contributed by atoms with Crippen LogP contribution in [0.1, 0.15) is 31.0 Å². The molecule has 0 aliphatic carbocycles. The maximum Gasteiger partial charge on any atom is 0.324 e. The molecule has 2 aromatic heterocycles. The number of anilines is 5. The van der Waals surface area contributed by atoms with E-state index in [1.54, 1.807) is 29.1 Å². The largest absolute Gasteiger partial charge is 0.492 e. The Morgan fingerprint density at radius 2 is 1.76 bits per heavy atom. The molecular formula is C41H41N9O5. The quantitative estimate of drug-likeness (QED) is 0.100. The molecule has 1 fully saturated rings. The first-order valence-corrected chi connectivity index (χ1v) is 18.3. The van der Waals surface area contributed by atoms with E-state index in [2.05, 4.69) is 50.0 Å². The molecule has 4 aromatic carbocycles. The van der Waals surface area contributed by atoms with E-state index in [0.29, 0.717) is 42.1 Å². The highest BCUT2D eigenvalue weighted by atomic mass is 16.5. The Balaban J connectivity index is 0.946. The molecule has 3 amide bonds. The molecule has 8 rings (SSSR count). The number of benzene rings is 4. The van der Waals surface area contributed by atoms with E-state index in [9.17, 15) is 9.59 Å². The van der Waals surface area contributed by atoms with E-state index in [1.807, 2.05) is 72.8 Å². The summed E-state index contributed by atoms with van der Waals surface area (Å²) >= 11 is 0. The molecule has 280 valence electrons. The molecule has 0 unspecified atom stereocenters. The van der Waals surface area contributed by atoms with Crippen LogP contribution in [-0.2, 0) is 16.0 Å². The molecule has 1 saturated heterocycles. The number of ether oxygens (including phenoxy) is 3. The molecule has 0 radical (unpaired) electrons. The fraction of sp³-hybridized carbons (Fsp3) is 0.244. The van der Waals surface area contributed by atoms with Crippen molar-refractivity contribution in [2.45, 2.75) is 26.2 Å². The van der Waals surface area contributed by atoms with Gasteiger partial charge in [0.1, 0.15) is 23.9 Å². The Bertz CT molecular complexity index is 2340. The molecule has 0 bridgehead atoms. The topological polar surface area (TPSA) is 157 Å². The fourth-order valence-corrected chi connectivity index (χ4v) is 6.50. The molecule has 14 heteroatoms. The first kappa shape index (κ1) is 35.5. The monoisotopic (exact) mass is 739 g/mol. The average molecular weight is 740 g/mol. The molecule has 0 atom stereocenters. The zero-order chi connectivity index (χ0) is 37.7. The summed E-state index contributed by atoms with van der Waals surface area (Å²) in [4.78, 5) is 36.5. The van der Waals surface area contributed by atoms with Crippen LogP contribution >= 0.6 is 0 Å². The third kappa shape index (κ3) is 8.35. The minimum absolute atomic E-state index is 0.0281. The third-order valence-electron chi connectivity index (χ3n) is 9.39. The normalized spacial score (nSPS) is 14.1. The molecule has 0 saturated carbocycles. The van der Waals surface area contributed by atoms with Gasteiger partial charge in [0.15, 0.2) is 0 Å². The van der Waals surface area contributed by atoms with E-state index in [4.69, 9.17) is 19.3 Å². The summed E-state index contributed by atoms with van der Waals surface area (Å²) in [6.45, 7) is 8.92. The lowest BCUT2D eigenvalue weighted by Gasteiger charge is -2.26. The Labute approximate surface area is 317 Å². The van der Waals surface area contributed by atoms with Crippen molar-refractivity contribution in [2.24, 2.45) is 0 Å². The van der Waals surface area contributed by atoms with Crippen LogP contribution in [0.3, 0.4) is 0 Å². The first-order chi connectivity index (χ1) is 26.8. The van der Waals surface area contributed by atoms with Gasteiger partial charge in [0, 0.05) is 60.1 Å². The maximum absolute atomic E-state index is 13.6. The molecule has 4 N–H and O–H groups in total. The lowest BCUT2D eigenvalue weighted by Crippen LogP contribution is -2.38. The maximum atomic E-state index is 13.6. The molecule has 6 aromatic rings. The van der Waals surface area contributed by atoms with Crippen LogP contribution in [0.5, 0.6) is 17.4 Å². The molecular weight excluding hydrogens is 699 g/mol. The van der Waals surface area contributed by atoms with Gasteiger partial charge >= 0.3 is 6.03 Å². The number of hydrogen-bond donors (Lipinski definition) is 4. The summed E-state index contributed by atoms with van der Waals surface area (Å²) < 4.78 is 19.4. The number of hydrogen-bond acceptors (Lipinski definition) is 10. The van der Waals surface area contributed by atoms with Crippen molar-refractivity contribution >= 4 is 51.5 Å². The van der Waals surface area contributed by atoms with E-state index >= 15 is 0 Å². The van der Waals surface area contributed by atoms with Crippen molar-refractivity contribution in [3.63, 3.8) is 0 Å². The number of carbonyl (C=O) groups is 2. The van der Waals surface area contributed by atoms with Gasteiger partial charge in [-0.1, -0.05) is 44.2 Å². The van der Waals surface area contributed by atoms with Crippen molar-refractivity contribution in [2.75, 3.05) is 60.7 Å². The van der Waals surface area contributed by atoms with Crippen LogP contribution < -0.4 is 30.7 Å². The van der Waals surface area contributed by atoms with Gasteiger partial charge in [0.05, 0.1) is 36.7 Å². The second kappa shape index (κ2) is 15.8. The molecule has 2 aliphatic heterocycles. The summed E-state index contributed by atoms with van der Waals surface area (Å²) in [5, 5.41) is 18.4. The standard InChI is InChI=1S/C41H41N9O5/c1-26(2)34-25-37(50(48-34)29-9-11-30(12-10-29)54-22-19-49-17-20-53-21-18-49)46-41(52)45-33-13-14-36(32-6-4-3-5-31(32)33)55-39-15-16-42-40(47-39)43-28-8-7-27-23-38(51)44-35(27)24-28/h3-16,24-26H,17-23H2,1-2H3,(H,44,51)(H,42,43,47)(H2,45,46,52). The number of aromatic nitrogens is 4. The number of carbonyl (C=O) groups excluding carboxylic acids is 2. The Morgan fingerprint density at radius 1 is 0.945 bits per heavy atom. The van der Waals surface area contributed by atoms with Crippen molar-refractivity contribution in [3.8, 4) is 23.1 Å². The van der Waals surface area contributed by atoms with Crippen LogP contribution in [0.15, 0.2) is 97.2 Å². The summed E-state index contributed by atoms with van der Waals surface area (Å²) in [5.41, 5.74) is 4.69. The van der Waals surface area contributed by atoms with Crippen LogP contribution in [0.2, 0.25) is 0 Å². The van der Waals surface area contributed by atoms with Gasteiger partial charge in [-0.05, 0) is 60.0 Å². The zero-order valence-corrected chi connectivity index (χ0v) is 30.5. The Hall–Kier alpha value is -6.51. The van der Waals surface area contributed by atoms with Gasteiger partial charge in [0.2, 0.25) is 17.7 Å². The van der Waals surface area contributed by atoms with Gasteiger partial charge in [-0.25, -0.2) is 14.5 Å². The molecule has 2 aliphatic rings. The van der Waals surface area contributed by atoms with Crippen LogP contribution in [0, 0.1) is 0 Å². The predicted molar refractivity (Wildman–Crippen MR) is 211 cm³/mol. The van der Waals surface area contributed by atoms with Crippen molar-refractivity contribution < 1.29 is 23.8 Å². The summed E-state index contributed by atoms with van der Waals surface area (Å²) in [6, 6.07) is 27.7. The van der Waals surface area contributed by atoms with Crippen LogP contribution in [-0.4, -0.2) is 76.0 Å². The third-order valence-corrected chi connectivity index (χ3v) is 9.39.